The number of nitrogens with zero attached hydrogens (tertiary/aromatic N) is 4. The zero-order valence-electron chi connectivity index (χ0n) is 40.7. The van der Waals surface area contributed by atoms with Gasteiger partial charge in [-0.2, -0.15) is 10.5 Å². The molecule has 324 valence electrons. The van der Waals surface area contributed by atoms with Crippen LogP contribution in [0.2, 0.25) is 0 Å². The first kappa shape index (κ1) is 38.5. The highest BCUT2D eigenvalue weighted by Crippen LogP contribution is 2.49. The van der Waals surface area contributed by atoms with E-state index in [2.05, 4.69) is 116 Å². The maximum atomic E-state index is 10.6. The first-order valence-corrected chi connectivity index (χ1v) is 22.6. The van der Waals surface area contributed by atoms with Gasteiger partial charge >= 0.3 is 0 Å². The van der Waals surface area contributed by atoms with Crippen LogP contribution in [0.5, 0.6) is 23.0 Å². The summed E-state index contributed by atoms with van der Waals surface area (Å²) in [7, 11) is 0. The quantitative estimate of drug-likeness (QED) is 0.142. The fourth-order valence-electron chi connectivity index (χ4n) is 9.73. The molecule has 0 aliphatic carbocycles. The molecular formula is C61H45BN4O2. The van der Waals surface area contributed by atoms with Crippen molar-refractivity contribution in [2.75, 3.05) is 9.80 Å². The van der Waals surface area contributed by atoms with Crippen molar-refractivity contribution >= 4 is 57.2 Å². The number of ether oxygens (including phenoxy) is 2. The molecule has 11 rings (SSSR count). The average Bonchev–Trinajstić information content (AvgIpc) is 3.39. The van der Waals surface area contributed by atoms with E-state index >= 15 is 0 Å². The highest BCUT2D eigenvalue weighted by molar-refractivity contribution is 6.98. The molecule has 2 aliphatic heterocycles. The number of para-hydroxylation sites is 4. The van der Waals surface area contributed by atoms with Crippen molar-refractivity contribution in [1.82, 2.24) is 0 Å². The second kappa shape index (κ2) is 16.9. The van der Waals surface area contributed by atoms with Crippen LogP contribution < -0.4 is 35.7 Å². The largest absolute Gasteiger partial charge is 0.458 e. The molecule has 0 aromatic heterocycles. The number of aryl methyl sites for hydroxylation is 1. The van der Waals surface area contributed by atoms with Crippen molar-refractivity contribution in [3.63, 3.8) is 0 Å². The molecule has 0 N–H and O–H groups in total. The van der Waals surface area contributed by atoms with E-state index in [1.54, 1.807) is 12.1 Å². The van der Waals surface area contributed by atoms with Gasteiger partial charge in [0.1, 0.15) is 23.0 Å². The molecule has 0 radical (unpaired) electrons. The van der Waals surface area contributed by atoms with E-state index in [1.165, 1.54) is 0 Å². The van der Waals surface area contributed by atoms with Gasteiger partial charge in [0, 0.05) is 43.5 Å². The van der Waals surface area contributed by atoms with Crippen molar-refractivity contribution in [2.45, 2.75) is 33.0 Å². The van der Waals surface area contributed by atoms with Gasteiger partial charge in [-0.3, -0.25) is 0 Å². The van der Waals surface area contributed by atoms with Crippen LogP contribution in [-0.4, -0.2) is 6.71 Å². The molecule has 6 nitrogen and oxygen atoms in total. The predicted molar refractivity (Wildman–Crippen MR) is 277 cm³/mol. The Morgan fingerprint density at radius 1 is 0.485 bits per heavy atom. The summed E-state index contributed by atoms with van der Waals surface area (Å²) >= 11 is 0. The summed E-state index contributed by atoms with van der Waals surface area (Å²) in [5, 5.41) is 20.8. The van der Waals surface area contributed by atoms with E-state index in [-0.39, 0.29) is 11.0 Å². The first-order valence-electron chi connectivity index (χ1n) is 24.1. The Hall–Kier alpha value is -8.78. The number of hydrogen-bond donors (Lipinski definition) is 0. The van der Waals surface area contributed by atoms with E-state index in [0.717, 1.165) is 78.3 Å². The average molecular weight is 880 g/mol. The Bertz CT molecular complexity index is 3530. The summed E-state index contributed by atoms with van der Waals surface area (Å²) in [6, 6.07) is 70.7. The van der Waals surface area contributed by atoms with Gasteiger partial charge in [0.2, 0.25) is 0 Å². The Morgan fingerprint density at radius 3 is 1.43 bits per heavy atom. The van der Waals surface area contributed by atoms with Crippen LogP contribution in [0.1, 0.15) is 47.1 Å². The van der Waals surface area contributed by atoms with Crippen LogP contribution >= 0.6 is 0 Å². The zero-order valence-corrected chi connectivity index (χ0v) is 37.7. The third kappa shape index (κ3) is 7.41. The van der Waals surface area contributed by atoms with E-state index in [9.17, 15) is 10.5 Å². The molecule has 0 amide bonds. The second-order valence-corrected chi connectivity index (χ2v) is 18.2. The highest BCUT2D eigenvalue weighted by atomic mass is 16.5. The van der Waals surface area contributed by atoms with Gasteiger partial charge in [0.05, 0.1) is 34.6 Å². The van der Waals surface area contributed by atoms with Gasteiger partial charge in [-0.15, -0.1) is 0 Å². The molecule has 7 heteroatoms. The van der Waals surface area contributed by atoms with Crippen LogP contribution in [0.3, 0.4) is 0 Å². The molecule has 9 aromatic rings. The van der Waals surface area contributed by atoms with Gasteiger partial charge in [-0.05, 0) is 149 Å². The number of benzene rings is 9. The number of anilines is 6. The van der Waals surface area contributed by atoms with Crippen molar-refractivity contribution in [2.24, 2.45) is 0 Å². The number of hydrogen-bond acceptors (Lipinski definition) is 6. The summed E-state index contributed by atoms with van der Waals surface area (Å²) in [6.45, 7) is 3.63. The van der Waals surface area contributed by atoms with Crippen LogP contribution in [0.15, 0.2) is 200 Å². The molecule has 9 aromatic carbocycles. The lowest BCUT2D eigenvalue weighted by molar-refractivity contribution is 0.464. The summed E-state index contributed by atoms with van der Waals surface area (Å²) in [5.74, 6) is 1.93. The maximum Gasteiger partial charge on any atom is 0.260 e. The van der Waals surface area contributed by atoms with E-state index in [0.29, 0.717) is 34.1 Å². The number of nitriles is 2. The van der Waals surface area contributed by atoms with Crippen molar-refractivity contribution in [3.05, 3.63) is 222 Å². The second-order valence-electron chi connectivity index (χ2n) is 18.2. The van der Waals surface area contributed by atoms with E-state index in [1.807, 2.05) is 115 Å². The normalized spacial score (nSPS) is 12.8. The molecule has 0 fully saturated rings. The summed E-state index contributed by atoms with van der Waals surface area (Å²) < 4.78 is 39.3. The van der Waals surface area contributed by atoms with Gasteiger partial charge in [0.25, 0.3) is 6.71 Å². The molecule has 0 saturated heterocycles. The Morgan fingerprint density at radius 2 is 0.956 bits per heavy atom. The monoisotopic (exact) mass is 879 g/mol. The summed E-state index contributed by atoms with van der Waals surface area (Å²) in [5.41, 5.74) is 13.1. The lowest BCUT2D eigenvalue weighted by Gasteiger charge is -2.35. The molecule has 2 aliphatic rings. The zero-order chi connectivity index (χ0) is 49.0. The number of fused-ring (bicyclic) bond motifs is 4. The molecule has 0 unspecified atom stereocenters. The van der Waals surface area contributed by atoms with Crippen molar-refractivity contribution < 1.29 is 13.6 Å². The van der Waals surface area contributed by atoms with E-state index in [4.69, 9.17) is 13.6 Å². The van der Waals surface area contributed by atoms with Gasteiger partial charge in [-0.25, -0.2) is 0 Å². The van der Waals surface area contributed by atoms with Crippen LogP contribution in [-0.2, 0) is 5.41 Å². The maximum absolute atomic E-state index is 10.6. The van der Waals surface area contributed by atoms with Crippen LogP contribution in [0, 0.1) is 29.5 Å². The fourth-order valence-corrected chi connectivity index (χ4v) is 9.73. The van der Waals surface area contributed by atoms with Gasteiger partial charge in [-0.1, -0.05) is 118 Å². The topological polar surface area (TPSA) is 72.5 Å². The van der Waals surface area contributed by atoms with Crippen molar-refractivity contribution in [3.8, 4) is 57.4 Å². The third-order valence-corrected chi connectivity index (χ3v) is 12.8. The summed E-state index contributed by atoms with van der Waals surface area (Å²) in [6.07, 6.45) is 0. The first-order chi connectivity index (χ1) is 34.4. The minimum atomic E-state index is -2.46. The smallest absolute Gasteiger partial charge is 0.260 e. The summed E-state index contributed by atoms with van der Waals surface area (Å²) in [4.78, 5) is 4.43. The van der Waals surface area contributed by atoms with Crippen LogP contribution in [0.25, 0.3) is 22.3 Å². The molecule has 68 heavy (non-hydrogen) atoms. The van der Waals surface area contributed by atoms with Gasteiger partial charge < -0.3 is 19.3 Å². The minimum Gasteiger partial charge on any atom is -0.458 e. The SMILES string of the molecule is [2H]C([2H])([2H])c1cc2c3c(c1)Oc1cc(-c4cc(C#N)cc(C(C)(C)C)c4N(c4ccccc4)c4ccccc4)ccc1B3c1ccc(-c3cc(C#N)ccc3N(c3ccccc3)c3ccccc3)cc1O2. The highest BCUT2D eigenvalue weighted by Gasteiger charge is 2.41. The fraction of sp³-hybridized carbons (Fsp3) is 0.0820. The molecule has 0 atom stereocenters. The van der Waals surface area contributed by atoms with Crippen LogP contribution in [0.4, 0.5) is 34.1 Å². The van der Waals surface area contributed by atoms with E-state index < -0.39 is 13.6 Å². The molecule has 0 spiro atoms. The molecule has 2 heterocycles. The standard InChI is InChI=1S/C61H45BN4O2/c1-40-31-57-59-58(32-40)68-56-37-44(50-34-42(39-64)35-51(61(2,3)4)60(50)66(47-21-13-7-14-22-47)48-23-15-8-16-24-48)27-29-53(56)62(59)52-28-26-43(36-55(52)67-57)49-33-41(38-63)25-30-54(49)65(45-17-9-5-10-18-45)46-19-11-6-12-20-46/h5-37H,1-4H3/i1D3. The lowest BCUT2D eigenvalue weighted by Crippen LogP contribution is -2.57. The molecule has 0 bridgehead atoms. The minimum absolute atomic E-state index is 0.0924. The van der Waals surface area contributed by atoms with Crippen molar-refractivity contribution in [1.29, 1.82) is 10.5 Å². The third-order valence-electron chi connectivity index (χ3n) is 12.8. The Labute approximate surface area is 402 Å². The van der Waals surface area contributed by atoms with Gasteiger partial charge in [0.15, 0.2) is 0 Å². The molecule has 0 saturated carbocycles. The molecular weight excluding hydrogens is 832 g/mol. The Balaban J connectivity index is 1.10. The Kier molecular flexibility index (Phi) is 9.56. The number of rotatable bonds is 8. The lowest BCUT2D eigenvalue weighted by atomic mass is 9.34. The predicted octanol–water partition coefficient (Wildman–Crippen LogP) is 14.0.